The summed E-state index contributed by atoms with van der Waals surface area (Å²) < 4.78 is 27.4. The van der Waals surface area contributed by atoms with Crippen LogP contribution in [0.5, 0.6) is 0 Å². The van der Waals surface area contributed by atoms with Crippen molar-refractivity contribution in [1.82, 2.24) is 4.72 Å². The summed E-state index contributed by atoms with van der Waals surface area (Å²) in [5, 5.41) is 9.84. The fraction of sp³-hybridized carbons (Fsp3) is 0.600. The maximum absolute atomic E-state index is 12.3. The summed E-state index contributed by atoms with van der Waals surface area (Å²) in [5.74, 6) is 2.67. The number of benzene rings is 1. The Kier molecular flexibility index (Phi) is 6.10. The molecule has 1 unspecified atom stereocenters. The highest BCUT2D eigenvalue weighted by Crippen LogP contribution is 2.23. The maximum Gasteiger partial charge on any atom is 0.240 e. The van der Waals surface area contributed by atoms with Crippen LogP contribution < -0.4 is 4.72 Å². The zero-order chi connectivity index (χ0) is 15.3. The molecule has 0 saturated carbocycles. The van der Waals surface area contributed by atoms with E-state index in [0.29, 0.717) is 24.4 Å². The summed E-state index contributed by atoms with van der Waals surface area (Å²) in [4.78, 5) is 0.234. The van der Waals surface area contributed by atoms with Crippen LogP contribution in [0.25, 0.3) is 0 Å². The van der Waals surface area contributed by atoms with E-state index in [-0.39, 0.29) is 4.90 Å². The molecule has 1 aliphatic heterocycles. The molecule has 6 heteroatoms. The molecule has 1 aliphatic rings. The second-order valence-corrected chi connectivity index (χ2v) is 8.40. The molecule has 1 aromatic rings. The van der Waals surface area contributed by atoms with E-state index >= 15 is 0 Å². The van der Waals surface area contributed by atoms with Gasteiger partial charge in [0.2, 0.25) is 10.0 Å². The van der Waals surface area contributed by atoms with Crippen molar-refractivity contribution < 1.29 is 13.5 Å². The number of hydrogen-bond donors (Lipinski definition) is 2. The molecule has 1 atom stereocenters. The summed E-state index contributed by atoms with van der Waals surface area (Å²) in [5.41, 5.74) is 0.648. The van der Waals surface area contributed by atoms with Crippen molar-refractivity contribution in [2.75, 3.05) is 18.1 Å². The molecular formula is C15H23NO3S2. The molecule has 2 rings (SSSR count). The Balaban J connectivity index is 2.04. The minimum atomic E-state index is -3.49. The molecule has 118 valence electrons. The zero-order valence-corrected chi connectivity index (χ0v) is 13.9. The first-order chi connectivity index (χ1) is 10.0. The number of rotatable bonds is 6. The van der Waals surface area contributed by atoms with Crippen molar-refractivity contribution >= 4 is 21.8 Å². The van der Waals surface area contributed by atoms with Crippen LogP contribution in [0.1, 0.15) is 37.9 Å². The Morgan fingerprint density at radius 2 is 2.10 bits per heavy atom. The van der Waals surface area contributed by atoms with Gasteiger partial charge in [0.05, 0.1) is 11.0 Å². The lowest BCUT2D eigenvalue weighted by Crippen LogP contribution is -2.31. The summed E-state index contributed by atoms with van der Waals surface area (Å²) in [7, 11) is -3.49. The van der Waals surface area contributed by atoms with Crippen LogP contribution in [0.4, 0.5) is 0 Å². The van der Waals surface area contributed by atoms with Crippen LogP contribution in [0.3, 0.4) is 0 Å². The van der Waals surface area contributed by atoms with Crippen molar-refractivity contribution in [1.29, 1.82) is 0 Å². The van der Waals surface area contributed by atoms with Gasteiger partial charge in [-0.05, 0) is 54.4 Å². The van der Waals surface area contributed by atoms with E-state index in [1.54, 1.807) is 24.3 Å². The lowest BCUT2D eigenvalue weighted by atomic mass is 10.0. The number of thioether (sulfide) groups is 1. The van der Waals surface area contributed by atoms with Gasteiger partial charge in [-0.2, -0.15) is 11.8 Å². The highest BCUT2D eigenvalue weighted by molar-refractivity contribution is 7.99. The first-order valence-electron chi connectivity index (χ1n) is 7.38. The maximum atomic E-state index is 12.3. The second-order valence-electron chi connectivity index (χ2n) is 5.40. The Morgan fingerprint density at radius 1 is 1.38 bits per heavy atom. The van der Waals surface area contributed by atoms with Gasteiger partial charge in [-0.15, -0.1) is 0 Å². The normalized spacial score (nSPS) is 18.6. The van der Waals surface area contributed by atoms with Gasteiger partial charge in [0, 0.05) is 6.54 Å². The quantitative estimate of drug-likeness (QED) is 0.842. The average Bonchev–Trinajstić information content (AvgIpc) is 2.53. The molecule has 0 spiro atoms. The van der Waals surface area contributed by atoms with Crippen molar-refractivity contribution in [3.63, 3.8) is 0 Å². The number of hydrogen-bond acceptors (Lipinski definition) is 4. The molecule has 2 N–H and O–H groups in total. The third-order valence-corrected chi connectivity index (χ3v) is 6.31. The zero-order valence-electron chi connectivity index (χ0n) is 12.3. The minimum absolute atomic E-state index is 0.234. The van der Waals surface area contributed by atoms with Gasteiger partial charge in [0.15, 0.2) is 0 Å². The van der Waals surface area contributed by atoms with E-state index in [1.165, 1.54) is 0 Å². The van der Waals surface area contributed by atoms with E-state index in [4.69, 9.17) is 0 Å². The monoisotopic (exact) mass is 329 g/mol. The van der Waals surface area contributed by atoms with Gasteiger partial charge in [0.1, 0.15) is 0 Å². The van der Waals surface area contributed by atoms with Gasteiger partial charge < -0.3 is 5.11 Å². The summed E-state index contributed by atoms with van der Waals surface area (Å²) in [6, 6.07) is 6.57. The van der Waals surface area contributed by atoms with Crippen LogP contribution in [0.2, 0.25) is 0 Å². The van der Waals surface area contributed by atoms with E-state index in [1.807, 2.05) is 18.7 Å². The average molecular weight is 329 g/mol. The minimum Gasteiger partial charge on any atom is -0.388 e. The van der Waals surface area contributed by atoms with Crippen LogP contribution in [0, 0.1) is 5.92 Å². The number of aliphatic hydroxyl groups excluding tert-OH is 1. The summed E-state index contributed by atoms with van der Waals surface area (Å²) in [6.45, 7) is 2.37. The lowest BCUT2D eigenvalue weighted by molar-refractivity contribution is 0.173. The lowest BCUT2D eigenvalue weighted by Gasteiger charge is -2.21. The molecule has 0 bridgehead atoms. The fourth-order valence-electron chi connectivity index (χ4n) is 2.39. The van der Waals surface area contributed by atoms with E-state index in [2.05, 4.69) is 4.72 Å². The first kappa shape index (κ1) is 16.8. The van der Waals surface area contributed by atoms with E-state index in [9.17, 15) is 13.5 Å². The molecule has 1 saturated heterocycles. The molecule has 1 heterocycles. The Hall–Kier alpha value is -0.560. The van der Waals surface area contributed by atoms with E-state index < -0.39 is 16.1 Å². The third kappa shape index (κ3) is 4.71. The Morgan fingerprint density at radius 3 is 2.76 bits per heavy atom. The highest BCUT2D eigenvalue weighted by atomic mass is 32.2. The number of sulfonamides is 1. The highest BCUT2D eigenvalue weighted by Gasteiger charge is 2.19. The molecule has 1 fully saturated rings. The summed E-state index contributed by atoms with van der Waals surface area (Å²) >= 11 is 1.93. The van der Waals surface area contributed by atoms with Gasteiger partial charge >= 0.3 is 0 Å². The molecule has 1 aromatic carbocycles. The third-order valence-electron chi connectivity index (χ3n) is 3.84. The number of nitrogens with one attached hydrogen (secondary N) is 1. The number of aliphatic hydroxyl groups is 1. The second kappa shape index (κ2) is 7.63. The molecule has 4 nitrogen and oxygen atoms in total. The molecule has 0 aromatic heterocycles. The Labute approximate surface area is 131 Å². The standard InChI is InChI=1S/C15H23NO3S2/c1-2-15(17)13-4-3-5-14(10-13)21(18,19)16-11-12-6-8-20-9-7-12/h3-5,10,12,15-17H,2,6-9,11H2,1H3. The smallest absolute Gasteiger partial charge is 0.240 e. The van der Waals surface area contributed by atoms with Gasteiger partial charge in [-0.25, -0.2) is 13.1 Å². The molecule has 0 amide bonds. The van der Waals surface area contributed by atoms with Gasteiger partial charge in [0.25, 0.3) is 0 Å². The Bertz CT molecular complexity index is 554. The molecule has 0 radical (unpaired) electrons. The largest absolute Gasteiger partial charge is 0.388 e. The van der Waals surface area contributed by atoms with Crippen molar-refractivity contribution in [3.8, 4) is 0 Å². The van der Waals surface area contributed by atoms with Crippen molar-refractivity contribution in [2.45, 2.75) is 37.2 Å². The SMILES string of the molecule is CCC(O)c1cccc(S(=O)(=O)NCC2CCSCC2)c1. The fourth-order valence-corrected chi connectivity index (χ4v) is 4.76. The van der Waals surface area contributed by atoms with E-state index in [0.717, 1.165) is 24.3 Å². The van der Waals surface area contributed by atoms with Gasteiger partial charge in [-0.3, -0.25) is 0 Å². The van der Waals surface area contributed by atoms with Crippen molar-refractivity contribution in [3.05, 3.63) is 29.8 Å². The van der Waals surface area contributed by atoms with Gasteiger partial charge in [-0.1, -0.05) is 19.1 Å². The van der Waals surface area contributed by atoms with Crippen LogP contribution in [-0.2, 0) is 10.0 Å². The summed E-state index contributed by atoms with van der Waals surface area (Å²) in [6.07, 6.45) is 2.09. The predicted molar refractivity (Wildman–Crippen MR) is 86.9 cm³/mol. The topological polar surface area (TPSA) is 66.4 Å². The van der Waals surface area contributed by atoms with Crippen LogP contribution in [-0.4, -0.2) is 31.6 Å². The van der Waals surface area contributed by atoms with Crippen LogP contribution >= 0.6 is 11.8 Å². The first-order valence-corrected chi connectivity index (χ1v) is 10.0. The van der Waals surface area contributed by atoms with Crippen LogP contribution in [0.15, 0.2) is 29.2 Å². The molecule has 0 aliphatic carbocycles. The van der Waals surface area contributed by atoms with Crippen molar-refractivity contribution in [2.24, 2.45) is 5.92 Å². The predicted octanol–water partition coefficient (Wildman–Crippen LogP) is 2.55. The molecule has 21 heavy (non-hydrogen) atoms. The molecular weight excluding hydrogens is 306 g/mol.